The number of rotatable bonds is 2. The highest BCUT2D eigenvalue weighted by atomic mass is 17.1. The first-order valence-corrected chi connectivity index (χ1v) is 2.38. The van der Waals surface area contributed by atoms with Gasteiger partial charge in [0, 0.05) is 0 Å². The van der Waals surface area contributed by atoms with Crippen molar-refractivity contribution < 1.29 is 40.1 Å². The summed E-state index contributed by atoms with van der Waals surface area (Å²) in [6, 6.07) is 0. The minimum Gasteiger partial charge on any atom is -0.499 e. The second-order valence-electron chi connectivity index (χ2n) is 1.45. The summed E-state index contributed by atoms with van der Waals surface area (Å²) >= 11 is 0. The van der Waals surface area contributed by atoms with Crippen molar-refractivity contribution >= 4 is 11.9 Å². The van der Waals surface area contributed by atoms with Gasteiger partial charge in [0.25, 0.3) is 11.5 Å². The van der Waals surface area contributed by atoms with Crippen LogP contribution in [0.3, 0.4) is 0 Å². The van der Waals surface area contributed by atoms with Crippen LogP contribution in [-0.4, -0.2) is 32.7 Å². The highest BCUT2D eigenvalue weighted by Gasteiger charge is 2.22. The van der Waals surface area contributed by atoms with E-state index in [4.69, 9.17) is 20.7 Å². The van der Waals surface area contributed by atoms with E-state index in [0.717, 1.165) is 0 Å². The fraction of sp³-hybridized carbons (Fsp3) is 0. The Labute approximate surface area is 64.7 Å². The molecular formula is C4H4O8. The third-order valence-corrected chi connectivity index (χ3v) is 0.777. The molecule has 0 amide bonds. The first kappa shape index (κ1) is 10.2. The Morgan fingerprint density at radius 1 is 0.833 bits per heavy atom. The summed E-state index contributed by atoms with van der Waals surface area (Å²) in [6.45, 7) is 0. The minimum absolute atomic E-state index is 1.59. The summed E-state index contributed by atoms with van der Waals surface area (Å²) in [6.07, 6.45) is 0. The Morgan fingerprint density at radius 3 is 1.25 bits per heavy atom. The van der Waals surface area contributed by atoms with E-state index in [1.54, 1.807) is 0 Å². The normalized spacial score (nSPS) is 11.5. The summed E-state index contributed by atoms with van der Waals surface area (Å²) in [4.78, 5) is 26.2. The van der Waals surface area contributed by atoms with E-state index in [0.29, 0.717) is 0 Å². The highest BCUT2D eigenvalue weighted by molar-refractivity contribution is 5.96. The van der Waals surface area contributed by atoms with E-state index in [2.05, 4.69) is 9.78 Å². The Kier molecular flexibility index (Phi) is 3.53. The Morgan fingerprint density at radius 2 is 1.08 bits per heavy atom. The maximum atomic E-state index is 10.1. The molecule has 0 radical (unpaired) electrons. The van der Waals surface area contributed by atoms with Gasteiger partial charge in [0.05, 0.1) is 0 Å². The molecule has 4 N–H and O–H groups in total. The SMILES string of the molecule is O=C(OO)/C(O)=C(\O)C(=O)OO. The van der Waals surface area contributed by atoms with Gasteiger partial charge in [-0.1, -0.05) is 0 Å². The van der Waals surface area contributed by atoms with Crippen molar-refractivity contribution in [3.8, 4) is 0 Å². The Balaban J connectivity index is 4.68. The topological polar surface area (TPSA) is 134 Å². The third-order valence-electron chi connectivity index (χ3n) is 0.777. The molecule has 0 saturated carbocycles. The summed E-state index contributed by atoms with van der Waals surface area (Å²) in [7, 11) is 0. The lowest BCUT2D eigenvalue weighted by molar-refractivity contribution is -0.236. The van der Waals surface area contributed by atoms with E-state index >= 15 is 0 Å². The zero-order chi connectivity index (χ0) is 9.72. The van der Waals surface area contributed by atoms with E-state index < -0.39 is 23.5 Å². The molecule has 0 bridgehead atoms. The quantitative estimate of drug-likeness (QED) is 0.190. The average Bonchev–Trinajstić information content (AvgIpc) is 2.12. The van der Waals surface area contributed by atoms with Gasteiger partial charge in [0.2, 0.25) is 0 Å². The minimum atomic E-state index is -1.77. The fourth-order valence-corrected chi connectivity index (χ4v) is 0.280. The number of carbonyl (C=O) groups is 2. The molecule has 0 saturated heterocycles. The van der Waals surface area contributed by atoms with Crippen LogP contribution in [0.1, 0.15) is 0 Å². The van der Waals surface area contributed by atoms with Crippen molar-refractivity contribution in [2.75, 3.05) is 0 Å². The van der Waals surface area contributed by atoms with Crippen LogP contribution in [-0.2, 0) is 19.4 Å². The molecule has 0 aliphatic rings. The van der Waals surface area contributed by atoms with Gasteiger partial charge in [-0.15, -0.1) is 0 Å². The van der Waals surface area contributed by atoms with E-state index in [-0.39, 0.29) is 0 Å². The van der Waals surface area contributed by atoms with Crippen LogP contribution >= 0.6 is 0 Å². The van der Waals surface area contributed by atoms with E-state index in [1.807, 2.05) is 0 Å². The lowest BCUT2D eigenvalue weighted by Crippen LogP contribution is -2.14. The summed E-state index contributed by atoms with van der Waals surface area (Å²) in [5.41, 5.74) is 0. The van der Waals surface area contributed by atoms with Crippen molar-refractivity contribution in [2.24, 2.45) is 0 Å². The Bertz CT molecular complexity index is 203. The summed E-state index contributed by atoms with van der Waals surface area (Å²) in [5.74, 6) is -6.70. The van der Waals surface area contributed by atoms with Gasteiger partial charge in [0.15, 0.2) is 0 Å². The molecule has 0 aliphatic heterocycles. The molecular weight excluding hydrogens is 176 g/mol. The molecule has 8 heteroatoms. The Hall–Kier alpha value is -1.80. The third kappa shape index (κ3) is 2.11. The van der Waals surface area contributed by atoms with Crippen LogP contribution < -0.4 is 0 Å². The van der Waals surface area contributed by atoms with Crippen LogP contribution in [0.25, 0.3) is 0 Å². The largest absolute Gasteiger partial charge is 0.499 e. The monoisotopic (exact) mass is 180 g/mol. The van der Waals surface area contributed by atoms with Crippen molar-refractivity contribution in [3.05, 3.63) is 11.5 Å². The van der Waals surface area contributed by atoms with Crippen LogP contribution in [0, 0.1) is 0 Å². The molecule has 0 atom stereocenters. The number of aliphatic hydroxyl groups excluding tert-OH is 2. The van der Waals surface area contributed by atoms with Gasteiger partial charge in [0.1, 0.15) is 0 Å². The highest BCUT2D eigenvalue weighted by Crippen LogP contribution is 2.00. The molecule has 0 aromatic rings. The molecule has 12 heavy (non-hydrogen) atoms. The van der Waals surface area contributed by atoms with Crippen LogP contribution in [0.2, 0.25) is 0 Å². The van der Waals surface area contributed by atoms with E-state index in [1.165, 1.54) is 0 Å². The van der Waals surface area contributed by atoms with Gasteiger partial charge < -0.3 is 10.2 Å². The first-order valence-electron chi connectivity index (χ1n) is 2.38. The van der Waals surface area contributed by atoms with Crippen LogP contribution in [0.4, 0.5) is 0 Å². The number of hydrogen-bond acceptors (Lipinski definition) is 8. The zero-order valence-corrected chi connectivity index (χ0v) is 5.42. The van der Waals surface area contributed by atoms with Crippen molar-refractivity contribution in [1.82, 2.24) is 0 Å². The molecule has 0 aromatic heterocycles. The van der Waals surface area contributed by atoms with Crippen molar-refractivity contribution in [1.29, 1.82) is 0 Å². The lowest BCUT2D eigenvalue weighted by atomic mass is 10.4. The van der Waals surface area contributed by atoms with E-state index in [9.17, 15) is 9.59 Å². The van der Waals surface area contributed by atoms with Gasteiger partial charge in [-0.2, -0.15) is 10.5 Å². The molecule has 0 aromatic carbocycles. The predicted octanol–water partition coefficient (Wildman–Crippen LogP) is -0.654. The number of aliphatic hydroxyl groups is 2. The second kappa shape index (κ2) is 4.16. The maximum Gasteiger partial charge on any atom is 0.411 e. The van der Waals surface area contributed by atoms with Gasteiger partial charge in [-0.05, 0) is 0 Å². The number of carbonyl (C=O) groups excluding carboxylic acids is 2. The lowest BCUT2D eigenvalue weighted by Gasteiger charge is -1.97. The molecule has 0 unspecified atom stereocenters. The second-order valence-corrected chi connectivity index (χ2v) is 1.45. The predicted molar refractivity (Wildman–Crippen MR) is 29.7 cm³/mol. The maximum absolute atomic E-state index is 10.1. The zero-order valence-electron chi connectivity index (χ0n) is 5.42. The van der Waals surface area contributed by atoms with Crippen molar-refractivity contribution in [2.45, 2.75) is 0 Å². The van der Waals surface area contributed by atoms with Crippen LogP contribution in [0.15, 0.2) is 11.5 Å². The molecule has 0 spiro atoms. The van der Waals surface area contributed by atoms with Crippen LogP contribution in [0.5, 0.6) is 0 Å². The first-order chi connectivity index (χ1) is 5.54. The number of hydrogen-bond donors (Lipinski definition) is 4. The fourth-order valence-electron chi connectivity index (χ4n) is 0.280. The molecule has 0 fully saturated rings. The molecule has 0 rings (SSSR count). The standard InChI is InChI=1S/C4H4O8/c5-1(3(7)11-9)2(6)4(8)12-10/h5-6,9-10H/b2-1+. The average molecular weight is 180 g/mol. The van der Waals surface area contributed by atoms with Crippen molar-refractivity contribution in [3.63, 3.8) is 0 Å². The molecule has 0 aliphatic carbocycles. The molecule has 0 heterocycles. The smallest absolute Gasteiger partial charge is 0.411 e. The molecule has 68 valence electrons. The molecule has 8 nitrogen and oxygen atoms in total. The van der Waals surface area contributed by atoms with Gasteiger partial charge in [-0.25, -0.2) is 9.59 Å². The summed E-state index contributed by atoms with van der Waals surface area (Å²) in [5, 5.41) is 32.2. The van der Waals surface area contributed by atoms with Gasteiger partial charge in [-0.3, -0.25) is 9.78 Å². The summed E-state index contributed by atoms with van der Waals surface area (Å²) < 4.78 is 0. The van der Waals surface area contributed by atoms with Gasteiger partial charge >= 0.3 is 11.9 Å².